The molecule has 0 aliphatic carbocycles. The normalized spacial score (nSPS) is 19.6. The first-order valence-corrected chi connectivity index (χ1v) is 11.3. The monoisotopic (exact) mass is 451 g/mol. The van der Waals surface area contributed by atoms with Gasteiger partial charge >= 0.3 is 0 Å². The highest BCUT2D eigenvalue weighted by Crippen LogP contribution is 2.31. The van der Waals surface area contributed by atoms with E-state index < -0.39 is 6.23 Å². The first-order valence-electron chi connectivity index (χ1n) is 11.3. The van der Waals surface area contributed by atoms with Crippen LogP contribution in [-0.4, -0.2) is 29.8 Å². The second-order valence-electron chi connectivity index (χ2n) is 9.53. The zero-order valence-corrected chi connectivity index (χ0v) is 19.0. The van der Waals surface area contributed by atoms with Crippen LogP contribution in [0.3, 0.4) is 0 Å². The molecule has 3 aromatic carbocycles. The van der Waals surface area contributed by atoms with Gasteiger partial charge in [0.15, 0.2) is 0 Å². The molecular formula is C27H31F2N3O. The van der Waals surface area contributed by atoms with E-state index in [1.807, 2.05) is 32.0 Å². The van der Waals surface area contributed by atoms with Crippen LogP contribution in [0.2, 0.25) is 0 Å². The molecule has 0 bridgehead atoms. The Morgan fingerprint density at radius 3 is 1.91 bits per heavy atom. The summed E-state index contributed by atoms with van der Waals surface area (Å²) in [5.41, 5.74) is 10.1. The van der Waals surface area contributed by atoms with Crippen LogP contribution in [0, 0.1) is 17.6 Å². The van der Waals surface area contributed by atoms with Gasteiger partial charge in [0, 0.05) is 24.7 Å². The van der Waals surface area contributed by atoms with Crippen molar-refractivity contribution < 1.29 is 13.9 Å². The number of aliphatic hydroxyl groups excluding tert-OH is 1. The molecule has 1 heterocycles. The van der Waals surface area contributed by atoms with Crippen LogP contribution in [0.1, 0.15) is 32.1 Å². The molecule has 3 atom stereocenters. The lowest BCUT2D eigenvalue weighted by molar-refractivity contribution is 0.135. The number of halogens is 2. The van der Waals surface area contributed by atoms with E-state index in [9.17, 15) is 13.9 Å². The van der Waals surface area contributed by atoms with Crippen LogP contribution in [0.15, 0.2) is 66.7 Å². The summed E-state index contributed by atoms with van der Waals surface area (Å²) < 4.78 is 26.9. The molecule has 6 heteroatoms. The van der Waals surface area contributed by atoms with E-state index in [1.165, 1.54) is 24.3 Å². The third kappa shape index (κ3) is 5.84. The van der Waals surface area contributed by atoms with E-state index in [2.05, 4.69) is 10.6 Å². The summed E-state index contributed by atoms with van der Waals surface area (Å²) in [6, 6.07) is 18.5. The molecule has 1 saturated heterocycles. The number of aliphatic hydroxyl groups is 1. The number of nitrogens with one attached hydrogen (secondary N) is 2. The van der Waals surface area contributed by atoms with Crippen LogP contribution in [0.25, 0.3) is 22.3 Å². The summed E-state index contributed by atoms with van der Waals surface area (Å²) in [6.07, 6.45) is 0.0518. The summed E-state index contributed by atoms with van der Waals surface area (Å²) in [7, 11) is 0. The highest BCUT2D eigenvalue weighted by Gasteiger charge is 2.33. The van der Waals surface area contributed by atoms with E-state index in [0.29, 0.717) is 18.0 Å². The van der Waals surface area contributed by atoms with E-state index >= 15 is 0 Å². The van der Waals surface area contributed by atoms with Crippen LogP contribution < -0.4 is 16.4 Å². The maximum atomic E-state index is 13.4. The maximum absolute atomic E-state index is 13.4. The third-order valence-electron chi connectivity index (χ3n) is 6.46. The fourth-order valence-corrected chi connectivity index (χ4v) is 4.34. The molecule has 174 valence electrons. The minimum Gasteiger partial charge on any atom is -0.374 e. The third-order valence-corrected chi connectivity index (χ3v) is 6.46. The van der Waals surface area contributed by atoms with Crippen LogP contribution in [-0.2, 0) is 0 Å². The molecule has 1 fully saturated rings. The SMILES string of the molecule is CC(C)(N)C1CN[C@H](CNC(O)c2cc(-c3ccc(F)cc3)cc(-c3ccc(F)cc3)c2)C1. The Morgan fingerprint density at radius 2 is 1.45 bits per heavy atom. The molecule has 0 amide bonds. The Labute approximate surface area is 193 Å². The van der Waals surface area contributed by atoms with Crippen LogP contribution in [0.5, 0.6) is 0 Å². The van der Waals surface area contributed by atoms with Crippen molar-refractivity contribution in [3.05, 3.63) is 83.9 Å². The zero-order valence-electron chi connectivity index (χ0n) is 19.0. The fraction of sp³-hybridized carbons (Fsp3) is 0.333. The summed E-state index contributed by atoms with van der Waals surface area (Å²) in [6.45, 7) is 5.55. The molecule has 0 spiro atoms. The van der Waals surface area contributed by atoms with E-state index in [0.717, 1.165) is 35.2 Å². The lowest BCUT2D eigenvalue weighted by atomic mass is 9.86. The second kappa shape index (κ2) is 9.69. The molecule has 4 nitrogen and oxygen atoms in total. The van der Waals surface area contributed by atoms with Gasteiger partial charge in [-0.1, -0.05) is 24.3 Å². The Kier molecular flexibility index (Phi) is 6.91. The first kappa shape index (κ1) is 23.5. The Morgan fingerprint density at radius 1 is 0.939 bits per heavy atom. The predicted octanol–water partition coefficient (Wildman–Crippen LogP) is 4.59. The molecule has 1 aliphatic heterocycles. The number of benzene rings is 3. The lowest BCUT2D eigenvalue weighted by Gasteiger charge is -2.26. The quantitative estimate of drug-likeness (QED) is 0.397. The number of hydrogen-bond acceptors (Lipinski definition) is 4. The molecular weight excluding hydrogens is 420 g/mol. The average molecular weight is 452 g/mol. The summed E-state index contributed by atoms with van der Waals surface area (Å²) in [5, 5.41) is 17.7. The number of hydrogen-bond donors (Lipinski definition) is 4. The van der Waals surface area contributed by atoms with Crippen molar-refractivity contribution in [2.75, 3.05) is 13.1 Å². The number of rotatable bonds is 7. The first-order chi connectivity index (χ1) is 15.7. The summed E-state index contributed by atoms with van der Waals surface area (Å²) >= 11 is 0. The highest BCUT2D eigenvalue weighted by molar-refractivity contribution is 5.74. The molecule has 2 unspecified atom stereocenters. The van der Waals surface area contributed by atoms with Gasteiger partial charge in [-0.2, -0.15) is 0 Å². The van der Waals surface area contributed by atoms with Crippen molar-refractivity contribution >= 4 is 0 Å². The largest absolute Gasteiger partial charge is 0.374 e. The lowest BCUT2D eigenvalue weighted by Crippen LogP contribution is -2.41. The summed E-state index contributed by atoms with van der Waals surface area (Å²) in [4.78, 5) is 0. The molecule has 0 aromatic heterocycles. The highest BCUT2D eigenvalue weighted by atomic mass is 19.1. The number of nitrogens with two attached hydrogens (primary N) is 1. The van der Waals surface area contributed by atoms with Gasteiger partial charge in [-0.3, -0.25) is 5.32 Å². The van der Waals surface area contributed by atoms with E-state index in [-0.39, 0.29) is 23.2 Å². The van der Waals surface area contributed by atoms with Crippen molar-refractivity contribution in [3.8, 4) is 22.3 Å². The Bertz CT molecular complexity index is 1010. The van der Waals surface area contributed by atoms with Gasteiger partial charge in [-0.25, -0.2) is 8.78 Å². The van der Waals surface area contributed by atoms with Gasteiger partial charge in [0.05, 0.1) is 0 Å². The van der Waals surface area contributed by atoms with Gasteiger partial charge < -0.3 is 16.2 Å². The van der Waals surface area contributed by atoms with Crippen molar-refractivity contribution in [2.24, 2.45) is 11.7 Å². The molecule has 4 rings (SSSR count). The van der Waals surface area contributed by atoms with Gasteiger partial charge in [0.25, 0.3) is 0 Å². The smallest absolute Gasteiger partial charge is 0.131 e. The molecule has 0 radical (unpaired) electrons. The Hall–Kier alpha value is -2.64. The molecule has 33 heavy (non-hydrogen) atoms. The zero-order chi connectivity index (χ0) is 23.6. The van der Waals surface area contributed by atoms with Crippen molar-refractivity contribution in [1.82, 2.24) is 10.6 Å². The van der Waals surface area contributed by atoms with Gasteiger partial charge in [-0.15, -0.1) is 0 Å². The summed E-state index contributed by atoms with van der Waals surface area (Å²) in [5.74, 6) is -0.231. The van der Waals surface area contributed by atoms with E-state index in [4.69, 9.17) is 5.73 Å². The minimum absolute atomic E-state index is 0.226. The van der Waals surface area contributed by atoms with Gasteiger partial charge in [-0.05, 0) is 96.5 Å². The fourth-order valence-electron chi connectivity index (χ4n) is 4.34. The van der Waals surface area contributed by atoms with Crippen molar-refractivity contribution in [2.45, 2.75) is 38.1 Å². The van der Waals surface area contributed by atoms with Crippen LogP contribution in [0.4, 0.5) is 8.78 Å². The molecule has 5 N–H and O–H groups in total. The van der Waals surface area contributed by atoms with E-state index in [1.54, 1.807) is 24.3 Å². The van der Waals surface area contributed by atoms with Gasteiger partial charge in [0.2, 0.25) is 0 Å². The standard InChI is InChI=1S/C27H31F2N3O/c1-27(2,30)22-14-25(31-15-22)16-32-26(33)21-12-19(17-3-7-23(28)8-4-17)11-20(13-21)18-5-9-24(29)10-6-18/h3-13,22,25-26,31-33H,14-16,30H2,1-2H3/t22?,25-,26?/m0/s1. The topological polar surface area (TPSA) is 70.3 Å². The van der Waals surface area contributed by atoms with Crippen molar-refractivity contribution in [1.29, 1.82) is 0 Å². The van der Waals surface area contributed by atoms with Crippen molar-refractivity contribution in [3.63, 3.8) is 0 Å². The Balaban J connectivity index is 1.57. The maximum Gasteiger partial charge on any atom is 0.131 e. The average Bonchev–Trinajstić information content (AvgIpc) is 3.28. The molecule has 3 aromatic rings. The molecule has 0 saturated carbocycles. The predicted molar refractivity (Wildman–Crippen MR) is 128 cm³/mol. The minimum atomic E-state index is -0.892. The molecule has 1 aliphatic rings. The second-order valence-corrected chi connectivity index (χ2v) is 9.53. The van der Waals surface area contributed by atoms with Gasteiger partial charge in [0.1, 0.15) is 17.9 Å². The van der Waals surface area contributed by atoms with Crippen LogP contribution >= 0.6 is 0 Å².